The summed E-state index contributed by atoms with van der Waals surface area (Å²) < 4.78 is 24.8. The van der Waals surface area contributed by atoms with Crippen molar-refractivity contribution in [1.82, 2.24) is 5.32 Å². The molecule has 0 amide bonds. The zero-order valence-electron chi connectivity index (χ0n) is 10.7. The minimum absolute atomic E-state index is 0.142. The lowest BCUT2D eigenvalue weighted by Crippen LogP contribution is -2.34. The fourth-order valence-corrected chi connectivity index (χ4v) is 4.63. The van der Waals surface area contributed by atoms with Gasteiger partial charge in [0.05, 0.1) is 10.1 Å². The zero-order valence-corrected chi connectivity index (χ0v) is 11.6. The van der Waals surface area contributed by atoms with Gasteiger partial charge < -0.3 is 5.32 Å². The lowest BCUT2D eigenvalue weighted by Gasteiger charge is -2.31. The van der Waals surface area contributed by atoms with Crippen LogP contribution in [0.1, 0.15) is 36.1 Å². The van der Waals surface area contributed by atoms with Crippen molar-refractivity contribution >= 4 is 9.84 Å². The van der Waals surface area contributed by atoms with E-state index in [1.54, 1.807) is 6.92 Å². The largest absolute Gasteiger partial charge is 0.313 e. The predicted octanol–water partition coefficient (Wildman–Crippen LogP) is 2.13. The number of hydrogen-bond acceptors (Lipinski definition) is 3. The van der Waals surface area contributed by atoms with Gasteiger partial charge in [0.25, 0.3) is 0 Å². The summed E-state index contributed by atoms with van der Waals surface area (Å²) >= 11 is 0. The molecular formula is C13H19NO2S. The van der Waals surface area contributed by atoms with Crippen molar-refractivity contribution in [3.05, 3.63) is 28.8 Å². The SMILES string of the molecule is CNC1CC(C)S(=O)(=O)c2c(C)ccc(C)c21. The van der Waals surface area contributed by atoms with Crippen LogP contribution in [0.15, 0.2) is 17.0 Å². The predicted molar refractivity (Wildman–Crippen MR) is 69.0 cm³/mol. The molecule has 0 bridgehead atoms. The van der Waals surface area contributed by atoms with Crippen LogP contribution in [-0.4, -0.2) is 20.7 Å². The monoisotopic (exact) mass is 253 g/mol. The maximum atomic E-state index is 12.4. The average molecular weight is 253 g/mol. The number of aryl methyl sites for hydroxylation is 2. The molecular weight excluding hydrogens is 234 g/mol. The topological polar surface area (TPSA) is 46.2 Å². The van der Waals surface area contributed by atoms with Gasteiger partial charge in [-0.05, 0) is 50.9 Å². The van der Waals surface area contributed by atoms with Crippen molar-refractivity contribution in [1.29, 1.82) is 0 Å². The number of nitrogens with one attached hydrogen (secondary N) is 1. The van der Waals surface area contributed by atoms with Gasteiger partial charge in [0.2, 0.25) is 0 Å². The van der Waals surface area contributed by atoms with Crippen LogP contribution in [0.2, 0.25) is 0 Å². The van der Waals surface area contributed by atoms with Crippen LogP contribution >= 0.6 is 0 Å². The van der Waals surface area contributed by atoms with E-state index in [1.165, 1.54) is 0 Å². The number of hydrogen-bond donors (Lipinski definition) is 1. The van der Waals surface area contributed by atoms with Crippen LogP contribution in [0.5, 0.6) is 0 Å². The molecule has 0 aliphatic carbocycles. The van der Waals surface area contributed by atoms with E-state index in [1.807, 2.05) is 33.0 Å². The maximum Gasteiger partial charge on any atom is 0.181 e. The second-order valence-electron chi connectivity index (χ2n) is 4.87. The van der Waals surface area contributed by atoms with Crippen LogP contribution in [-0.2, 0) is 9.84 Å². The van der Waals surface area contributed by atoms with E-state index in [0.717, 1.165) is 16.7 Å². The molecule has 1 N–H and O–H groups in total. The summed E-state index contributed by atoms with van der Waals surface area (Å²) in [6.07, 6.45) is 0.649. The number of fused-ring (bicyclic) bond motifs is 1. The van der Waals surface area contributed by atoms with E-state index in [-0.39, 0.29) is 11.3 Å². The van der Waals surface area contributed by atoms with Gasteiger partial charge in [0.1, 0.15) is 0 Å². The maximum absolute atomic E-state index is 12.4. The molecule has 0 fully saturated rings. The van der Waals surface area contributed by atoms with Crippen LogP contribution in [0.25, 0.3) is 0 Å². The molecule has 0 saturated carbocycles. The second kappa shape index (κ2) is 4.10. The Bertz CT molecular complexity index is 549. The third kappa shape index (κ3) is 1.79. The summed E-state index contributed by atoms with van der Waals surface area (Å²) in [4.78, 5) is 0.551. The molecule has 1 aliphatic rings. The van der Waals surface area contributed by atoms with Gasteiger partial charge in [-0.1, -0.05) is 12.1 Å². The van der Waals surface area contributed by atoms with Crippen molar-refractivity contribution in [2.75, 3.05) is 7.05 Å². The fourth-order valence-electron chi connectivity index (χ4n) is 2.66. The van der Waals surface area contributed by atoms with Gasteiger partial charge in [-0.2, -0.15) is 0 Å². The summed E-state index contributed by atoms with van der Waals surface area (Å²) in [6.45, 7) is 5.65. The van der Waals surface area contributed by atoms with Crippen LogP contribution < -0.4 is 5.32 Å². The third-order valence-corrected chi connectivity index (χ3v) is 6.05. The zero-order chi connectivity index (χ0) is 12.8. The molecule has 2 atom stereocenters. The Morgan fingerprint density at radius 3 is 2.41 bits per heavy atom. The minimum atomic E-state index is -3.16. The number of rotatable bonds is 1. The molecule has 2 unspecified atom stereocenters. The lowest BCUT2D eigenvalue weighted by molar-refractivity contribution is 0.490. The number of sulfone groups is 1. The van der Waals surface area contributed by atoms with E-state index < -0.39 is 9.84 Å². The normalized spacial score (nSPS) is 26.6. The highest BCUT2D eigenvalue weighted by Crippen LogP contribution is 2.39. The summed E-state index contributed by atoms with van der Waals surface area (Å²) in [5, 5.41) is 2.92. The summed E-state index contributed by atoms with van der Waals surface area (Å²) in [5.41, 5.74) is 2.88. The molecule has 2 rings (SSSR count). The molecule has 4 heteroatoms. The van der Waals surface area contributed by atoms with E-state index in [4.69, 9.17) is 0 Å². The summed E-state index contributed by atoms with van der Waals surface area (Å²) in [7, 11) is -1.27. The Kier molecular flexibility index (Phi) is 3.04. The summed E-state index contributed by atoms with van der Waals surface area (Å²) in [6, 6.07) is 4.05. The first kappa shape index (κ1) is 12.6. The van der Waals surface area contributed by atoms with E-state index in [0.29, 0.717) is 11.3 Å². The Labute approximate surface area is 103 Å². The standard InChI is InChI=1S/C13H19NO2S/c1-8-5-6-9(2)13-12(8)11(14-4)7-10(3)17(13,15)16/h5-6,10-11,14H,7H2,1-4H3. The fraction of sp³-hybridized carbons (Fsp3) is 0.538. The molecule has 1 aromatic carbocycles. The van der Waals surface area contributed by atoms with Crippen LogP contribution in [0.4, 0.5) is 0 Å². The van der Waals surface area contributed by atoms with Crippen molar-refractivity contribution in [2.45, 2.75) is 43.4 Å². The van der Waals surface area contributed by atoms with E-state index >= 15 is 0 Å². The molecule has 3 nitrogen and oxygen atoms in total. The highest BCUT2D eigenvalue weighted by Gasteiger charge is 2.37. The van der Waals surface area contributed by atoms with Crippen molar-refractivity contribution in [2.24, 2.45) is 0 Å². The Hall–Kier alpha value is -0.870. The van der Waals surface area contributed by atoms with E-state index in [9.17, 15) is 8.42 Å². The molecule has 1 heterocycles. The van der Waals surface area contributed by atoms with Gasteiger partial charge >= 0.3 is 0 Å². The summed E-state index contributed by atoms with van der Waals surface area (Å²) in [5.74, 6) is 0. The Morgan fingerprint density at radius 1 is 1.24 bits per heavy atom. The Morgan fingerprint density at radius 2 is 1.82 bits per heavy atom. The van der Waals surface area contributed by atoms with Crippen molar-refractivity contribution in [3.8, 4) is 0 Å². The average Bonchev–Trinajstić information content (AvgIpc) is 2.27. The lowest BCUT2D eigenvalue weighted by atomic mass is 9.95. The Balaban J connectivity index is 2.81. The van der Waals surface area contributed by atoms with Gasteiger partial charge in [-0.15, -0.1) is 0 Å². The van der Waals surface area contributed by atoms with E-state index in [2.05, 4.69) is 5.32 Å². The molecule has 1 aromatic rings. The highest BCUT2D eigenvalue weighted by atomic mass is 32.2. The minimum Gasteiger partial charge on any atom is -0.313 e. The van der Waals surface area contributed by atoms with Gasteiger partial charge in [-0.3, -0.25) is 0 Å². The first-order valence-corrected chi connectivity index (χ1v) is 7.45. The first-order valence-electron chi connectivity index (χ1n) is 5.91. The number of benzene rings is 1. The molecule has 0 spiro atoms. The van der Waals surface area contributed by atoms with Crippen molar-refractivity contribution < 1.29 is 8.42 Å². The molecule has 0 radical (unpaired) electrons. The molecule has 0 aromatic heterocycles. The van der Waals surface area contributed by atoms with Crippen LogP contribution in [0.3, 0.4) is 0 Å². The second-order valence-corrected chi connectivity index (χ2v) is 7.18. The smallest absolute Gasteiger partial charge is 0.181 e. The molecule has 0 saturated heterocycles. The highest BCUT2D eigenvalue weighted by molar-refractivity contribution is 7.92. The van der Waals surface area contributed by atoms with Gasteiger partial charge in [0, 0.05) is 6.04 Å². The quantitative estimate of drug-likeness (QED) is 0.834. The van der Waals surface area contributed by atoms with Gasteiger partial charge in [0.15, 0.2) is 9.84 Å². The first-order chi connectivity index (χ1) is 7.89. The van der Waals surface area contributed by atoms with Gasteiger partial charge in [-0.25, -0.2) is 8.42 Å². The molecule has 94 valence electrons. The third-order valence-electron chi connectivity index (χ3n) is 3.69. The van der Waals surface area contributed by atoms with Crippen LogP contribution in [0, 0.1) is 13.8 Å². The molecule has 1 aliphatic heterocycles. The van der Waals surface area contributed by atoms with Crippen molar-refractivity contribution in [3.63, 3.8) is 0 Å². The molecule has 17 heavy (non-hydrogen) atoms.